The SMILES string of the molecule is Cc1cccc2oc3cc([N+](=O)[O-])ccc3c(=O)c12. The fourth-order valence-corrected chi connectivity index (χ4v) is 2.17. The Morgan fingerprint density at radius 3 is 2.68 bits per heavy atom. The molecular formula is C14H9NO4. The highest BCUT2D eigenvalue weighted by Crippen LogP contribution is 2.24. The molecule has 0 fully saturated rings. The summed E-state index contributed by atoms with van der Waals surface area (Å²) in [5.41, 5.74) is 1.24. The van der Waals surface area contributed by atoms with Crippen molar-refractivity contribution in [1.82, 2.24) is 0 Å². The summed E-state index contributed by atoms with van der Waals surface area (Å²) in [4.78, 5) is 22.6. The van der Waals surface area contributed by atoms with Gasteiger partial charge in [-0.2, -0.15) is 0 Å². The van der Waals surface area contributed by atoms with Gasteiger partial charge in [0.25, 0.3) is 5.69 Å². The van der Waals surface area contributed by atoms with Gasteiger partial charge in [0.05, 0.1) is 21.8 Å². The number of hydrogen-bond acceptors (Lipinski definition) is 4. The summed E-state index contributed by atoms with van der Waals surface area (Å²) < 4.78 is 5.59. The van der Waals surface area contributed by atoms with E-state index in [1.807, 2.05) is 13.0 Å². The quantitative estimate of drug-likeness (QED) is 0.380. The Labute approximate surface area is 107 Å². The van der Waals surface area contributed by atoms with E-state index < -0.39 is 4.92 Å². The molecule has 0 spiro atoms. The van der Waals surface area contributed by atoms with E-state index in [0.717, 1.165) is 5.56 Å². The van der Waals surface area contributed by atoms with E-state index in [4.69, 9.17) is 4.42 Å². The molecule has 5 nitrogen and oxygen atoms in total. The molecule has 0 aliphatic rings. The van der Waals surface area contributed by atoms with Crippen LogP contribution in [0.3, 0.4) is 0 Å². The number of nitrogens with zero attached hydrogens (tertiary/aromatic N) is 1. The minimum absolute atomic E-state index is 0.0948. The van der Waals surface area contributed by atoms with Crippen LogP contribution >= 0.6 is 0 Å². The molecule has 0 atom stereocenters. The van der Waals surface area contributed by atoms with Crippen molar-refractivity contribution in [1.29, 1.82) is 0 Å². The Hall–Kier alpha value is -2.69. The van der Waals surface area contributed by atoms with Crippen LogP contribution in [-0.2, 0) is 0 Å². The van der Waals surface area contributed by atoms with E-state index in [0.29, 0.717) is 16.4 Å². The molecule has 3 rings (SSSR count). The number of benzene rings is 2. The van der Waals surface area contributed by atoms with Crippen molar-refractivity contribution in [3.8, 4) is 0 Å². The maximum absolute atomic E-state index is 12.4. The number of aryl methyl sites for hydroxylation is 1. The molecule has 94 valence electrons. The molecule has 0 saturated heterocycles. The predicted octanol–water partition coefficient (Wildman–Crippen LogP) is 3.16. The van der Waals surface area contributed by atoms with Crippen molar-refractivity contribution in [2.75, 3.05) is 0 Å². The van der Waals surface area contributed by atoms with Crippen LogP contribution < -0.4 is 5.43 Å². The Morgan fingerprint density at radius 2 is 1.95 bits per heavy atom. The Balaban J connectivity index is 2.50. The Morgan fingerprint density at radius 1 is 1.16 bits per heavy atom. The standard InChI is InChI=1S/C14H9NO4/c1-8-3-2-4-11-13(8)14(16)10-6-5-9(15(17)18)7-12(10)19-11/h2-7H,1H3. The predicted molar refractivity (Wildman–Crippen MR) is 71.4 cm³/mol. The average molecular weight is 255 g/mol. The largest absolute Gasteiger partial charge is 0.456 e. The molecule has 2 aromatic carbocycles. The molecule has 19 heavy (non-hydrogen) atoms. The van der Waals surface area contributed by atoms with Crippen LogP contribution in [0.15, 0.2) is 45.6 Å². The summed E-state index contributed by atoms with van der Waals surface area (Å²) in [7, 11) is 0. The van der Waals surface area contributed by atoms with Gasteiger partial charge in [-0.1, -0.05) is 12.1 Å². The van der Waals surface area contributed by atoms with Crippen LogP contribution in [0.5, 0.6) is 0 Å². The van der Waals surface area contributed by atoms with Crippen LogP contribution in [-0.4, -0.2) is 4.92 Å². The highest BCUT2D eigenvalue weighted by Gasteiger charge is 2.13. The van der Waals surface area contributed by atoms with Gasteiger partial charge in [0.1, 0.15) is 11.2 Å². The lowest BCUT2D eigenvalue weighted by atomic mass is 10.1. The molecule has 5 heteroatoms. The average Bonchev–Trinajstić information content (AvgIpc) is 2.38. The minimum Gasteiger partial charge on any atom is -0.456 e. The number of rotatable bonds is 1. The number of hydrogen-bond donors (Lipinski definition) is 0. The second-order valence-electron chi connectivity index (χ2n) is 4.32. The first kappa shape index (κ1) is 11.4. The van der Waals surface area contributed by atoms with Gasteiger partial charge in [-0.05, 0) is 24.6 Å². The zero-order chi connectivity index (χ0) is 13.6. The topological polar surface area (TPSA) is 73.3 Å². The van der Waals surface area contributed by atoms with Gasteiger partial charge in [0, 0.05) is 6.07 Å². The number of nitro benzene ring substituents is 1. The third kappa shape index (κ3) is 1.67. The number of fused-ring (bicyclic) bond motifs is 2. The van der Waals surface area contributed by atoms with Crippen molar-refractivity contribution in [3.63, 3.8) is 0 Å². The molecule has 0 amide bonds. The lowest BCUT2D eigenvalue weighted by molar-refractivity contribution is -0.384. The molecule has 1 heterocycles. The van der Waals surface area contributed by atoms with Crippen molar-refractivity contribution in [3.05, 3.63) is 62.3 Å². The molecule has 0 aliphatic carbocycles. The van der Waals surface area contributed by atoms with Crippen molar-refractivity contribution >= 4 is 27.6 Å². The summed E-state index contributed by atoms with van der Waals surface area (Å²) in [5, 5.41) is 11.6. The first-order valence-electron chi connectivity index (χ1n) is 5.68. The van der Waals surface area contributed by atoms with Crippen molar-refractivity contribution in [2.45, 2.75) is 6.92 Å². The summed E-state index contributed by atoms with van der Waals surface area (Å²) in [6, 6.07) is 9.31. The first-order valence-corrected chi connectivity index (χ1v) is 5.68. The summed E-state index contributed by atoms with van der Waals surface area (Å²) in [6.07, 6.45) is 0. The molecule has 0 radical (unpaired) electrons. The fourth-order valence-electron chi connectivity index (χ4n) is 2.17. The normalized spacial score (nSPS) is 11.0. The smallest absolute Gasteiger partial charge is 0.273 e. The zero-order valence-corrected chi connectivity index (χ0v) is 10.0. The van der Waals surface area contributed by atoms with Crippen LogP contribution in [0.4, 0.5) is 5.69 Å². The highest BCUT2D eigenvalue weighted by molar-refractivity contribution is 5.92. The summed E-state index contributed by atoms with van der Waals surface area (Å²) in [5.74, 6) is 0. The number of nitro groups is 1. The molecule has 3 aromatic rings. The summed E-state index contributed by atoms with van der Waals surface area (Å²) in [6.45, 7) is 1.83. The van der Waals surface area contributed by atoms with E-state index in [1.165, 1.54) is 18.2 Å². The molecule has 0 unspecified atom stereocenters. The van der Waals surface area contributed by atoms with Gasteiger partial charge in [-0.3, -0.25) is 14.9 Å². The van der Waals surface area contributed by atoms with Crippen molar-refractivity contribution < 1.29 is 9.34 Å². The van der Waals surface area contributed by atoms with Crippen LogP contribution in [0.2, 0.25) is 0 Å². The first-order chi connectivity index (χ1) is 9.08. The Bertz CT molecular complexity index is 880. The van der Waals surface area contributed by atoms with Crippen LogP contribution in [0.1, 0.15) is 5.56 Å². The molecule has 0 saturated carbocycles. The fraction of sp³-hybridized carbons (Fsp3) is 0.0714. The van der Waals surface area contributed by atoms with Crippen molar-refractivity contribution in [2.24, 2.45) is 0 Å². The lowest BCUT2D eigenvalue weighted by Gasteiger charge is -2.03. The van der Waals surface area contributed by atoms with Gasteiger partial charge < -0.3 is 4.42 Å². The van der Waals surface area contributed by atoms with Gasteiger partial charge in [-0.15, -0.1) is 0 Å². The molecular weight excluding hydrogens is 246 g/mol. The summed E-state index contributed by atoms with van der Waals surface area (Å²) >= 11 is 0. The van der Waals surface area contributed by atoms with Gasteiger partial charge in [-0.25, -0.2) is 0 Å². The maximum Gasteiger partial charge on any atom is 0.273 e. The maximum atomic E-state index is 12.4. The van der Waals surface area contributed by atoms with E-state index >= 15 is 0 Å². The molecule has 1 aromatic heterocycles. The van der Waals surface area contributed by atoms with E-state index in [9.17, 15) is 14.9 Å². The Kier molecular flexibility index (Phi) is 2.35. The highest BCUT2D eigenvalue weighted by atomic mass is 16.6. The van der Waals surface area contributed by atoms with Gasteiger partial charge >= 0.3 is 0 Å². The molecule has 0 N–H and O–H groups in total. The minimum atomic E-state index is -0.514. The second kappa shape index (κ2) is 3.91. The van der Waals surface area contributed by atoms with E-state index in [1.54, 1.807) is 12.1 Å². The zero-order valence-electron chi connectivity index (χ0n) is 10.0. The molecule has 0 bridgehead atoms. The van der Waals surface area contributed by atoms with E-state index in [2.05, 4.69) is 0 Å². The third-order valence-corrected chi connectivity index (χ3v) is 3.10. The lowest BCUT2D eigenvalue weighted by Crippen LogP contribution is -2.04. The van der Waals surface area contributed by atoms with Gasteiger partial charge in [0.15, 0.2) is 0 Å². The number of non-ortho nitro benzene ring substituents is 1. The molecule has 0 aliphatic heterocycles. The van der Waals surface area contributed by atoms with Crippen LogP contribution in [0, 0.1) is 17.0 Å². The monoisotopic (exact) mass is 255 g/mol. The van der Waals surface area contributed by atoms with E-state index in [-0.39, 0.29) is 16.7 Å². The third-order valence-electron chi connectivity index (χ3n) is 3.10. The second-order valence-corrected chi connectivity index (χ2v) is 4.32. The van der Waals surface area contributed by atoms with Crippen LogP contribution in [0.25, 0.3) is 21.9 Å². The van der Waals surface area contributed by atoms with Gasteiger partial charge in [0.2, 0.25) is 5.43 Å².